The molecule has 1 atom stereocenters. The largest absolute Gasteiger partial charge is 0.503 e. The number of fused-ring (bicyclic) bond motifs is 1. The molecule has 0 saturated heterocycles. The van der Waals surface area contributed by atoms with Crippen molar-refractivity contribution >= 4 is 49.7 Å². The first kappa shape index (κ1) is 26.9. The van der Waals surface area contributed by atoms with Crippen LogP contribution in [0.1, 0.15) is 54.0 Å². The minimum Gasteiger partial charge on any atom is -0.503 e. The molecular formula is C30H30N2O5S2. The normalized spacial score (nSPS) is 15.6. The van der Waals surface area contributed by atoms with E-state index in [0.717, 1.165) is 22.2 Å². The van der Waals surface area contributed by atoms with E-state index in [2.05, 4.69) is 13.8 Å². The Labute approximate surface area is 235 Å². The third kappa shape index (κ3) is 5.29. The van der Waals surface area contributed by atoms with Gasteiger partial charge >= 0.3 is 0 Å². The molecule has 0 radical (unpaired) electrons. The lowest BCUT2D eigenvalue weighted by Gasteiger charge is -2.25. The molecule has 0 saturated carbocycles. The molecule has 0 spiro atoms. The fourth-order valence-electron chi connectivity index (χ4n) is 4.50. The number of nitrogens with zero attached hydrogens (tertiary/aromatic N) is 2. The second kappa shape index (κ2) is 11.2. The van der Waals surface area contributed by atoms with Crippen LogP contribution in [0, 0.1) is 12.8 Å². The zero-order valence-corrected chi connectivity index (χ0v) is 23.9. The van der Waals surface area contributed by atoms with Crippen molar-refractivity contribution in [2.45, 2.75) is 40.2 Å². The summed E-state index contributed by atoms with van der Waals surface area (Å²) in [5, 5.41) is 13.3. The minimum absolute atomic E-state index is 0.0220. The summed E-state index contributed by atoms with van der Waals surface area (Å²) in [6, 6.07) is 13.8. The lowest BCUT2D eigenvalue weighted by atomic mass is 9.95. The summed E-state index contributed by atoms with van der Waals surface area (Å²) in [4.78, 5) is 33.8. The van der Waals surface area contributed by atoms with Crippen LogP contribution in [0.3, 0.4) is 0 Å². The fraction of sp³-hybridized carbons (Fsp3) is 0.300. The number of thiazole rings is 1. The van der Waals surface area contributed by atoms with Crippen LogP contribution in [0.25, 0.3) is 10.2 Å². The SMILES string of the molecule is CCOc1cc(C2C(C(=O)c3cccs3)=C(O)C(=O)N2c2nc3ccc(C)cc3s2)ccc1OCCC(C)C. The van der Waals surface area contributed by atoms with Crippen molar-refractivity contribution in [3.8, 4) is 11.5 Å². The first-order valence-electron chi connectivity index (χ1n) is 12.9. The van der Waals surface area contributed by atoms with Crippen LogP contribution in [-0.4, -0.2) is 35.0 Å². The molecule has 1 aliphatic rings. The number of ether oxygens (including phenoxy) is 2. The van der Waals surface area contributed by atoms with Crippen molar-refractivity contribution in [2.75, 3.05) is 18.1 Å². The Bertz CT molecular complexity index is 1550. The van der Waals surface area contributed by atoms with Gasteiger partial charge in [-0.3, -0.25) is 14.5 Å². The van der Waals surface area contributed by atoms with E-state index in [9.17, 15) is 14.7 Å². The van der Waals surface area contributed by atoms with Gasteiger partial charge in [0.15, 0.2) is 22.4 Å². The van der Waals surface area contributed by atoms with Crippen molar-refractivity contribution < 1.29 is 24.2 Å². The van der Waals surface area contributed by atoms with E-state index in [1.807, 2.05) is 38.1 Å². The summed E-state index contributed by atoms with van der Waals surface area (Å²) in [6.45, 7) is 9.10. The number of benzene rings is 2. The number of ketones is 1. The maximum absolute atomic E-state index is 13.7. The highest BCUT2D eigenvalue weighted by atomic mass is 32.1. The smallest absolute Gasteiger partial charge is 0.296 e. The van der Waals surface area contributed by atoms with E-state index >= 15 is 0 Å². The maximum Gasteiger partial charge on any atom is 0.296 e. The van der Waals surface area contributed by atoms with Crippen molar-refractivity contribution in [2.24, 2.45) is 5.92 Å². The van der Waals surface area contributed by atoms with Gasteiger partial charge in [-0.25, -0.2) is 4.98 Å². The molecule has 9 heteroatoms. The molecule has 1 aliphatic heterocycles. The number of aromatic nitrogens is 1. The molecule has 4 aromatic rings. The monoisotopic (exact) mass is 562 g/mol. The minimum atomic E-state index is -0.891. The Morgan fingerprint density at radius 1 is 1.13 bits per heavy atom. The van der Waals surface area contributed by atoms with Gasteiger partial charge in [0.05, 0.1) is 39.9 Å². The van der Waals surface area contributed by atoms with Gasteiger partial charge < -0.3 is 14.6 Å². The Morgan fingerprint density at radius 2 is 1.95 bits per heavy atom. The van der Waals surface area contributed by atoms with E-state index in [0.29, 0.717) is 46.2 Å². The van der Waals surface area contributed by atoms with Gasteiger partial charge in [-0.1, -0.05) is 43.4 Å². The van der Waals surface area contributed by atoms with Crippen molar-refractivity contribution in [1.29, 1.82) is 0 Å². The molecule has 1 unspecified atom stereocenters. The Kier molecular flexibility index (Phi) is 7.72. The number of thiophene rings is 1. The molecule has 1 amide bonds. The molecule has 2 aromatic heterocycles. The van der Waals surface area contributed by atoms with Gasteiger partial charge in [0.25, 0.3) is 5.91 Å². The second-order valence-corrected chi connectivity index (χ2v) is 11.7. The number of aliphatic hydroxyl groups excluding tert-OH is 1. The standard InChI is InChI=1S/C30H30N2O5S2/c1-5-36-22-16-19(9-11-21(22)37-13-12-17(2)3)26-25(27(33)23-7-6-14-38-23)28(34)29(35)32(26)30-31-20-10-8-18(4)15-24(20)39-30/h6-11,14-17,26,34H,5,12-13H2,1-4H3. The highest BCUT2D eigenvalue weighted by Crippen LogP contribution is 2.46. The number of aryl methyl sites for hydroxylation is 1. The lowest BCUT2D eigenvalue weighted by Crippen LogP contribution is -2.31. The Balaban J connectivity index is 1.62. The number of amides is 1. The van der Waals surface area contributed by atoms with Crippen molar-refractivity contribution in [3.05, 3.63) is 81.2 Å². The quantitative estimate of drug-likeness (QED) is 0.205. The predicted octanol–water partition coefficient (Wildman–Crippen LogP) is 7.27. The summed E-state index contributed by atoms with van der Waals surface area (Å²) in [7, 11) is 0. The summed E-state index contributed by atoms with van der Waals surface area (Å²) < 4.78 is 12.8. The molecule has 7 nitrogen and oxygen atoms in total. The van der Waals surface area contributed by atoms with Crippen molar-refractivity contribution in [3.63, 3.8) is 0 Å². The van der Waals surface area contributed by atoms with Crippen LogP contribution in [0.4, 0.5) is 5.13 Å². The number of rotatable bonds is 10. The highest BCUT2D eigenvalue weighted by Gasteiger charge is 2.46. The zero-order valence-electron chi connectivity index (χ0n) is 22.3. The first-order chi connectivity index (χ1) is 18.8. The van der Waals surface area contributed by atoms with Gasteiger partial charge in [-0.05, 0) is 73.0 Å². The summed E-state index contributed by atoms with van der Waals surface area (Å²) in [5.41, 5.74) is 2.45. The molecule has 202 valence electrons. The Hall–Kier alpha value is -3.69. The van der Waals surface area contributed by atoms with Gasteiger partial charge in [-0.15, -0.1) is 11.3 Å². The number of carbonyl (C=O) groups excluding carboxylic acids is 2. The van der Waals surface area contributed by atoms with E-state index in [-0.39, 0.29) is 5.57 Å². The molecule has 0 bridgehead atoms. The zero-order chi connectivity index (χ0) is 27.7. The molecular weight excluding hydrogens is 532 g/mol. The number of hydrogen-bond acceptors (Lipinski definition) is 8. The summed E-state index contributed by atoms with van der Waals surface area (Å²) in [5.74, 6) is -0.0211. The Morgan fingerprint density at radius 3 is 2.67 bits per heavy atom. The van der Waals surface area contributed by atoms with E-state index in [4.69, 9.17) is 14.5 Å². The van der Waals surface area contributed by atoms with Crippen LogP contribution >= 0.6 is 22.7 Å². The molecule has 0 fully saturated rings. The number of Topliss-reactive ketones (excluding diaryl/α,β-unsaturated/α-hetero) is 1. The van der Waals surface area contributed by atoms with Gasteiger partial charge in [-0.2, -0.15) is 0 Å². The maximum atomic E-state index is 13.7. The number of anilines is 1. The molecule has 5 rings (SSSR count). The molecule has 2 aromatic carbocycles. The summed E-state index contributed by atoms with van der Waals surface area (Å²) in [6.07, 6.45) is 0.894. The summed E-state index contributed by atoms with van der Waals surface area (Å²) >= 11 is 2.61. The fourth-order valence-corrected chi connectivity index (χ4v) is 6.27. The molecule has 1 N–H and O–H groups in total. The van der Waals surface area contributed by atoms with Crippen LogP contribution in [0.2, 0.25) is 0 Å². The molecule has 39 heavy (non-hydrogen) atoms. The molecule has 0 aliphatic carbocycles. The van der Waals surface area contributed by atoms with Crippen LogP contribution in [0.15, 0.2) is 65.2 Å². The highest BCUT2D eigenvalue weighted by molar-refractivity contribution is 7.22. The van der Waals surface area contributed by atoms with Crippen LogP contribution in [0.5, 0.6) is 11.5 Å². The topological polar surface area (TPSA) is 89.0 Å². The third-order valence-electron chi connectivity index (χ3n) is 6.47. The average molecular weight is 563 g/mol. The van der Waals surface area contributed by atoms with E-state index < -0.39 is 23.5 Å². The number of hydrogen-bond donors (Lipinski definition) is 1. The average Bonchev–Trinajstić information content (AvgIpc) is 3.63. The number of aliphatic hydroxyl groups is 1. The number of carbonyl (C=O) groups is 2. The van der Waals surface area contributed by atoms with Gasteiger partial charge in [0, 0.05) is 0 Å². The third-order valence-corrected chi connectivity index (χ3v) is 8.36. The molecule has 3 heterocycles. The van der Waals surface area contributed by atoms with Crippen LogP contribution < -0.4 is 14.4 Å². The predicted molar refractivity (Wildman–Crippen MR) is 155 cm³/mol. The first-order valence-corrected chi connectivity index (χ1v) is 14.6. The van der Waals surface area contributed by atoms with Crippen molar-refractivity contribution in [1.82, 2.24) is 4.98 Å². The lowest BCUT2D eigenvalue weighted by molar-refractivity contribution is -0.117. The van der Waals surface area contributed by atoms with Crippen LogP contribution in [-0.2, 0) is 4.79 Å². The van der Waals surface area contributed by atoms with Gasteiger partial charge in [0.2, 0.25) is 5.78 Å². The van der Waals surface area contributed by atoms with Gasteiger partial charge in [0.1, 0.15) is 0 Å². The second-order valence-electron chi connectivity index (χ2n) is 9.78. The van der Waals surface area contributed by atoms with E-state index in [1.165, 1.54) is 27.6 Å². The van der Waals surface area contributed by atoms with E-state index in [1.54, 1.807) is 29.6 Å².